The topological polar surface area (TPSA) is 180 Å². The van der Waals surface area contributed by atoms with E-state index >= 15 is 0 Å². The van der Waals surface area contributed by atoms with Gasteiger partial charge in [-0.3, -0.25) is 4.79 Å². The number of fused-ring (bicyclic) bond motifs is 1. The van der Waals surface area contributed by atoms with Crippen LogP contribution >= 0.6 is 0 Å². The maximum atomic E-state index is 14.7. The summed E-state index contributed by atoms with van der Waals surface area (Å²) in [6, 6.07) is 3.57. The van der Waals surface area contributed by atoms with Gasteiger partial charge in [-0.25, -0.2) is 29.3 Å². The molecular weight excluding hydrogens is 522 g/mol. The predicted octanol–water partition coefficient (Wildman–Crippen LogP) is 1.21. The van der Waals surface area contributed by atoms with Gasteiger partial charge >= 0.3 is 6.18 Å². The quantitative estimate of drug-likeness (QED) is 0.257. The van der Waals surface area contributed by atoms with E-state index in [0.717, 1.165) is 12.4 Å². The van der Waals surface area contributed by atoms with Crippen LogP contribution in [0.4, 0.5) is 35.0 Å². The second-order valence-electron chi connectivity index (χ2n) is 9.14. The van der Waals surface area contributed by atoms with Crippen LogP contribution in [-0.4, -0.2) is 54.0 Å². The summed E-state index contributed by atoms with van der Waals surface area (Å²) in [6.45, 7) is -0.353. The molecule has 1 aliphatic heterocycles. The van der Waals surface area contributed by atoms with Gasteiger partial charge in [0.2, 0.25) is 11.9 Å². The zero-order valence-corrected chi connectivity index (χ0v) is 20.3. The van der Waals surface area contributed by atoms with Crippen molar-refractivity contribution < 1.29 is 22.4 Å². The molecule has 1 fully saturated rings. The molecule has 12 nitrogen and oxygen atoms in total. The average Bonchev–Trinajstić information content (AvgIpc) is 3.47. The van der Waals surface area contributed by atoms with Gasteiger partial charge in [-0.2, -0.15) is 13.2 Å². The number of imidazole rings is 1. The molecule has 4 aromatic rings. The first-order valence-electron chi connectivity index (χ1n) is 11.7. The molecule has 1 aromatic carbocycles. The maximum Gasteiger partial charge on any atom is 0.419 e. The molecule has 7 N–H and O–H groups in total. The summed E-state index contributed by atoms with van der Waals surface area (Å²) < 4.78 is 58.3. The van der Waals surface area contributed by atoms with Gasteiger partial charge < -0.3 is 32.0 Å². The lowest BCUT2D eigenvalue weighted by Gasteiger charge is -2.27. The number of carbonyl (C=O) groups is 1. The third-order valence-corrected chi connectivity index (χ3v) is 6.53. The summed E-state index contributed by atoms with van der Waals surface area (Å²) in [6.07, 6.45) is -1.01. The van der Waals surface area contributed by atoms with Crippen molar-refractivity contribution in [2.75, 3.05) is 29.5 Å². The molecule has 0 saturated carbocycles. The summed E-state index contributed by atoms with van der Waals surface area (Å²) in [5.41, 5.74) is 15.5. The van der Waals surface area contributed by atoms with Gasteiger partial charge in [-0.1, -0.05) is 0 Å². The molecule has 0 bridgehead atoms. The Bertz CT molecular complexity index is 1560. The molecule has 0 aliphatic carbocycles. The SMILES string of the molecule is Nc1nccc(CNC(=O)[C@@]2(N)CCN(c3ccc(F)c(C(F)(F)F)c3Cn3cnc4c(N)ncnc43)C2)n1. The Kier molecular flexibility index (Phi) is 6.41. The van der Waals surface area contributed by atoms with E-state index in [1.54, 1.807) is 6.07 Å². The van der Waals surface area contributed by atoms with Crippen LogP contribution in [0.25, 0.3) is 11.2 Å². The molecule has 3 aromatic heterocycles. The second kappa shape index (κ2) is 9.61. The smallest absolute Gasteiger partial charge is 0.382 e. The summed E-state index contributed by atoms with van der Waals surface area (Å²) >= 11 is 0. The van der Waals surface area contributed by atoms with E-state index in [2.05, 4.69) is 30.2 Å². The van der Waals surface area contributed by atoms with Crippen molar-refractivity contribution in [1.29, 1.82) is 0 Å². The number of benzene rings is 1. The molecule has 1 aliphatic rings. The number of aromatic nitrogens is 6. The molecule has 39 heavy (non-hydrogen) atoms. The van der Waals surface area contributed by atoms with Crippen molar-refractivity contribution in [3.05, 3.63) is 59.7 Å². The predicted molar refractivity (Wildman–Crippen MR) is 132 cm³/mol. The number of nitrogen functional groups attached to an aromatic ring is 2. The van der Waals surface area contributed by atoms with Crippen molar-refractivity contribution in [2.45, 2.75) is 31.2 Å². The Morgan fingerprint density at radius 1 is 1.13 bits per heavy atom. The Labute approximate surface area is 218 Å². The van der Waals surface area contributed by atoms with E-state index in [0.29, 0.717) is 5.69 Å². The number of nitrogens with two attached hydrogens (primary N) is 3. The van der Waals surface area contributed by atoms with Crippen molar-refractivity contribution in [3.63, 3.8) is 0 Å². The Hall–Kier alpha value is -4.60. The van der Waals surface area contributed by atoms with E-state index < -0.39 is 35.5 Å². The third kappa shape index (κ3) is 4.97. The monoisotopic (exact) mass is 545 g/mol. The number of nitrogens with zero attached hydrogens (tertiary/aromatic N) is 7. The summed E-state index contributed by atoms with van der Waals surface area (Å²) in [7, 11) is 0. The van der Waals surface area contributed by atoms with E-state index in [4.69, 9.17) is 17.2 Å². The highest BCUT2D eigenvalue weighted by Gasteiger charge is 2.44. The normalized spacial score (nSPS) is 17.6. The first kappa shape index (κ1) is 26.0. The number of nitrogens with one attached hydrogen (secondary N) is 1. The minimum Gasteiger partial charge on any atom is -0.382 e. The lowest BCUT2D eigenvalue weighted by molar-refractivity contribution is -0.140. The zero-order chi connectivity index (χ0) is 27.9. The van der Waals surface area contributed by atoms with Gasteiger partial charge in [0, 0.05) is 30.5 Å². The Morgan fingerprint density at radius 2 is 1.92 bits per heavy atom. The van der Waals surface area contributed by atoms with Crippen LogP contribution in [-0.2, 0) is 24.1 Å². The minimum absolute atomic E-state index is 0.0310. The minimum atomic E-state index is -5.00. The van der Waals surface area contributed by atoms with E-state index in [-0.39, 0.29) is 60.2 Å². The molecule has 5 rings (SSSR count). The molecular formula is C23H23F4N11O. The van der Waals surface area contributed by atoms with Crippen LogP contribution in [0.1, 0.15) is 23.2 Å². The van der Waals surface area contributed by atoms with E-state index in [9.17, 15) is 22.4 Å². The molecule has 0 radical (unpaired) electrons. The number of hydrogen-bond acceptors (Lipinski definition) is 10. The molecule has 0 unspecified atom stereocenters. The number of amides is 1. The van der Waals surface area contributed by atoms with Crippen molar-refractivity contribution in [2.24, 2.45) is 5.73 Å². The fraction of sp³-hybridized carbons (Fsp3) is 0.304. The number of halogens is 4. The second-order valence-corrected chi connectivity index (χ2v) is 9.14. The highest BCUT2D eigenvalue weighted by Crippen LogP contribution is 2.40. The average molecular weight is 546 g/mol. The first-order valence-corrected chi connectivity index (χ1v) is 11.7. The highest BCUT2D eigenvalue weighted by molar-refractivity contribution is 5.88. The third-order valence-electron chi connectivity index (χ3n) is 6.53. The molecule has 0 spiro atoms. The highest BCUT2D eigenvalue weighted by atomic mass is 19.4. The number of carbonyl (C=O) groups excluding carboxylic acids is 1. The number of alkyl halides is 3. The summed E-state index contributed by atoms with van der Waals surface area (Å²) in [5.74, 6) is -1.85. The molecule has 16 heteroatoms. The zero-order valence-electron chi connectivity index (χ0n) is 20.3. The van der Waals surface area contributed by atoms with Gasteiger partial charge in [0.1, 0.15) is 23.2 Å². The maximum absolute atomic E-state index is 14.7. The number of rotatable bonds is 6. The van der Waals surface area contributed by atoms with Crippen molar-refractivity contribution in [1.82, 2.24) is 34.8 Å². The first-order chi connectivity index (χ1) is 18.5. The standard InChI is InChI=1S/C23H23F4N11O/c24-14-1-2-15(37-6-4-22(30,9-37)20(39)32-7-12-3-5-31-21(29)36-12)13(16(14)23(25,26)27)8-38-11-35-17-18(28)33-10-34-19(17)38/h1-3,5,10-11H,4,6-9,30H2,(H,32,39)(H2,28,33,34)(H2,29,31,36)/t22-/m1/s1. The van der Waals surface area contributed by atoms with Crippen LogP contribution in [0, 0.1) is 5.82 Å². The lowest BCUT2D eigenvalue weighted by Crippen LogP contribution is -2.55. The van der Waals surface area contributed by atoms with Gasteiger partial charge in [0.15, 0.2) is 11.5 Å². The van der Waals surface area contributed by atoms with E-state index in [1.165, 1.54) is 28.1 Å². The summed E-state index contributed by atoms with van der Waals surface area (Å²) in [5, 5.41) is 2.69. The fourth-order valence-corrected chi connectivity index (χ4v) is 4.64. The van der Waals surface area contributed by atoms with Crippen LogP contribution in [0.3, 0.4) is 0 Å². The Balaban J connectivity index is 1.46. The lowest BCUT2D eigenvalue weighted by atomic mass is 9.98. The molecule has 1 atom stereocenters. The van der Waals surface area contributed by atoms with Gasteiger partial charge in [-0.15, -0.1) is 0 Å². The molecule has 1 saturated heterocycles. The van der Waals surface area contributed by atoms with Crippen LogP contribution in [0.5, 0.6) is 0 Å². The fourth-order valence-electron chi connectivity index (χ4n) is 4.64. The molecule has 204 valence electrons. The number of anilines is 3. The van der Waals surface area contributed by atoms with Crippen molar-refractivity contribution >= 4 is 34.5 Å². The van der Waals surface area contributed by atoms with Crippen LogP contribution < -0.4 is 27.4 Å². The van der Waals surface area contributed by atoms with Crippen LogP contribution in [0.2, 0.25) is 0 Å². The van der Waals surface area contributed by atoms with Gasteiger partial charge in [0.25, 0.3) is 0 Å². The van der Waals surface area contributed by atoms with E-state index in [1.807, 2.05) is 0 Å². The van der Waals surface area contributed by atoms with Gasteiger partial charge in [-0.05, 0) is 24.6 Å². The summed E-state index contributed by atoms with van der Waals surface area (Å²) in [4.78, 5) is 34.3. The molecule has 1 amide bonds. The largest absolute Gasteiger partial charge is 0.419 e. The van der Waals surface area contributed by atoms with Crippen LogP contribution in [0.15, 0.2) is 37.1 Å². The molecule has 4 heterocycles. The van der Waals surface area contributed by atoms with Gasteiger partial charge in [0.05, 0.1) is 30.7 Å². The Morgan fingerprint density at radius 3 is 2.67 bits per heavy atom. The number of hydrogen-bond donors (Lipinski definition) is 4. The van der Waals surface area contributed by atoms with Crippen molar-refractivity contribution in [3.8, 4) is 0 Å².